The zero-order chi connectivity index (χ0) is 33.6. The first-order chi connectivity index (χ1) is 23.2. The molecule has 4 heterocycles. The number of aromatic nitrogens is 2. The van der Waals surface area contributed by atoms with Crippen LogP contribution >= 0.6 is 0 Å². The van der Waals surface area contributed by atoms with Gasteiger partial charge in [0.25, 0.3) is 0 Å². The summed E-state index contributed by atoms with van der Waals surface area (Å²) in [7, 11) is 3.87. The van der Waals surface area contributed by atoms with Crippen molar-refractivity contribution >= 4 is 46.3 Å². The van der Waals surface area contributed by atoms with Gasteiger partial charge in [-0.25, -0.2) is 4.98 Å². The Bertz CT molecular complexity index is 1870. The van der Waals surface area contributed by atoms with Gasteiger partial charge >= 0.3 is 0 Å². The fourth-order valence-electron chi connectivity index (χ4n) is 5.84. The maximum atomic E-state index is 12.8. The maximum absolute atomic E-state index is 12.8. The number of likely N-dealkylation sites (N-methyl/N-ethyl adjacent to an activating group) is 1. The molecule has 1 fully saturated rings. The van der Waals surface area contributed by atoms with Crippen LogP contribution in [0.4, 0.5) is 28.6 Å². The smallest absolute Gasteiger partial charge is 0.248 e. The van der Waals surface area contributed by atoms with Crippen LogP contribution in [0.2, 0.25) is 0 Å². The molecule has 0 bridgehead atoms. The van der Waals surface area contributed by atoms with E-state index in [0.717, 1.165) is 46.7 Å². The first kappa shape index (κ1) is 32.4. The summed E-state index contributed by atoms with van der Waals surface area (Å²) in [5.41, 5.74) is 6.63. The molecule has 4 aromatic rings. The zero-order valence-corrected chi connectivity index (χ0v) is 27.3. The molecular formula is C37H39N7O4. The van der Waals surface area contributed by atoms with Crippen molar-refractivity contribution in [2.45, 2.75) is 38.7 Å². The lowest BCUT2D eigenvalue weighted by atomic mass is 9.94. The van der Waals surface area contributed by atoms with Crippen LogP contribution in [0.25, 0.3) is 11.1 Å². The van der Waals surface area contributed by atoms with Crippen LogP contribution in [0.15, 0.2) is 85.3 Å². The fourth-order valence-corrected chi connectivity index (χ4v) is 5.84. The van der Waals surface area contributed by atoms with Gasteiger partial charge in [0.2, 0.25) is 17.7 Å². The van der Waals surface area contributed by atoms with Gasteiger partial charge in [0.05, 0.1) is 23.8 Å². The van der Waals surface area contributed by atoms with E-state index in [-0.39, 0.29) is 30.2 Å². The molecule has 0 radical (unpaired) electrons. The van der Waals surface area contributed by atoms with Gasteiger partial charge in [-0.2, -0.15) is 0 Å². The summed E-state index contributed by atoms with van der Waals surface area (Å²) in [5.74, 6) is 1.16. The minimum Gasteiger partial charge on any atom is -0.485 e. The zero-order valence-electron chi connectivity index (χ0n) is 27.3. The highest BCUT2D eigenvalue weighted by Gasteiger charge is 2.27. The molecule has 3 amide bonds. The molecule has 1 unspecified atom stereocenters. The molecule has 2 aliphatic heterocycles. The third kappa shape index (κ3) is 7.87. The van der Waals surface area contributed by atoms with Crippen molar-refractivity contribution in [3.05, 3.63) is 96.5 Å². The van der Waals surface area contributed by atoms with Crippen LogP contribution in [0.5, 0.6) is 5.75 Å². The number of fused-ring (bicyclic) bond motifs is 3. The first-order valence-electron chi connectivity index (χ1n) is 16.1. The van der Waals surface area contributed by atoms with Crippen LogP contribution in [-0.2, 0) is 20.8 Å². The monoisotopic (exact) mass is 645 g/mol. The molecule has 3 N–H and O–H groups in total. The molecule has 11 nitrogen and oxygen atoms in total. The normalized spacial score (nSPS) is 15.2. The Kier molecular flexibility index (Phi) is 9.77. The van der Waals surface area contributed by atoms with Gasteiger partial charge in [-0.1, -0.05) is 18.2 Å². The van der Waals surface area contributed by atoms with E-state index in [1.807, 2.05) is 91.6 Å². The number of carbonyl (C=O) groups excluding carboxylic acids is 3. The molecule has 246 valence electrons. The number of aryl methyl sites for hydroxylation is 1. The number of hydrogen-bond acceptors (Lipinski definition) is 8. The Morgan fingerprint density at radius 3 is 2.67 bits per heavy atom. The first-order valence-corrected chi connectivity index (χ1v) is 16.1. The molecule has 48 heavy (non-hydrogen) atoms. The van der Waals surface area contributed by atoms with Crippen molar-refractivity contribution in [3.63, 3.8) is 0 Å². The van der Waals surface area contributed by atoms with E-state index in [0.29, 0.717) is 42.3 Å². The third-order valence-corrected chi connectivity index (χ3v) is 8.19. The number of carbonyl (C=O) groups is 3. The molecular weight excluding hydrogens is 606 g/mol. The van der Waals surface area contributed by atoms with Crippen LogP contribution in [-0.4, -0.2) is 59.8 Å². The van der Waals surface area contributed by atoms with E-state index in [1.165, 1.54) is 6.08 Å². The minimum absolute atomic E-state index is 0.142. The van der Waals surface area contributed by atoms with E-state index >= 15 is 0 Å². The molecule has 1 atom stereocenters. The van der Waals surface area contributed by atoms with Crippen LogP contribution in [0.1, 0.15) is 43.4 Å². The van der Waals surface area contributed by atoms with Crippen molar-refractivity contribution in [1.29, 1.82) is 0 Å². The summed E-state index contributed by atoms with van der Waals surface area (Å²) in [4.78, 5) is 50.0. The number of pyridine rings is 2. The van der Waals surface area contributed by atoms with Crippen molar-refractivity contribution < 1.29 is 19.1 Å². The van der Waals surface area contributed by atoms with Crippen LogP contribution in [0, 0.1) is 0 Å². The van der Waals surface area contributed by atoms with Crippen molar-refractivity contribution in [1.82, 2.24) is 14.9 Å². The molecule has 6 rings (SSSR count). The van der Waals surface area contributed by atoms with E-state index in [9.17, 15) is 14.4 Å². The maximum Gasteiger partial charge on any atom is 0.248 e. The summed E-state index contributed by atoms with van der Waals surface area (Å²) in [6, 6.07) is 17.2. The Labute approximate surface area is 280 Å². The largest absolute Gasteiger partial charge is 0.485 e. The number of ether oxygens (including phenoxy) is 1. The summed E-state index contributed by atoms with van der Waals surface area (Å²) >= 11 is 0. The van der Waals surface area contributed by atoms with E-state index in [2.05, 4.69) is 25.9 Å². The van der Waals surface area contributed by atoms with Crippen molar-refractivity contribution in [3.8, 4) is 16.9 Å². The predicted octanol–water partition coefficient (Wildman–Crippen LogP) is 6.10. The Morgan fingerprint density at radius 1 is 1.00 bits per heavy atom. The molecule has 2 aromatic heterocycles. The number of benzene rings is 2. The topological polar surface area (TPSA) is 129 Å². The average Bonchev–Trinajstić information content (AvgIpc) is 3.49. The average molecular weight is 646 g/mol. The Balaban J connectivity index is 1.05. The number of anilines is 5. The van der Waals surface area contributed by atoms with Gasteiger partial charge in [-0.15, -0.1) is 0 Å². The second-order valence-electron chi connectivity index (χ2n) is 12.2. The van der Waals surface area contributed by atoms with E-state index in [4.69, 9.17) is 4.74 Å². The van der Waals surface area contributed by atoms with Gasteiger partial charge in [-0.05, 0) is 75.8 Å². The Hall–Kier alpha value is -5.55. The summed E-state index contributed by atoms with van der Waals surface area (Å²) in [5, 5.41) is 9.08. The number of hydrogen-bond donors (Lipinski definition) is 3. The van der Waals surface area contributed by atoms with Gasteiger partial charge in [-0.3, -0.25) is 19.4 Å². The predicted molar refractivity (Wildman–Crippen MR) is 188 cm³/mol. The highest BCUT2D eigenvalue weighted by Crippen LogP contribution is 2.44. The fraction of sp³-hybridized carbons (Fsp3) is 0.270. The van der Waals surface area contributed by atoms with Gasteiger partial charge in [0.15, 0.2) is 0 Å². The molecule has 1 saturated heterocycles. The molecule has 2 aromatic carbocycles. The summed E-state index contributed by atoms with van der Waals surface area (Å²) in [6.07, 6.45) is 10.4. The van der Waals surface area contributed by atoms with Gasteiger partial charge in [0.1, 0.15) is 17.7 Å². The summed E-state index contributed by atoms with van der Waals surface area (Å²) < 4.78 is 6.29. The Morgan fingerprint density at radius 2 is 1.85 bits per heavy atom. The standard InChI is InChI=1S/C37H39N7O4/c1-24-31-20-34(39-23-32(31)30-13-12-29(19-33(30)48-24)44-16-6-10-37(44)47)40-27-18-28(22-38-21-27)42-36(46)14-11-25-7-4-8-26(17-25)41-35(45)9-5-15-43(2)3/h4-5,7-9,12-13,17-24H,6,10-11,14-16H2,1-3H3,(H,39,40)(H,41,45)(H,42,46)/b9-5+. The number of nitrogens with zero attached hydrogens (tertiary/aromatic N) is 4. The highest BCUT2D eigenvalue weighted by molar-refractivity contribution is 5.99. The second-order valence-corrected chi connectivity index (χ2v) is 12.2. The molecule has 0 aliphatic carbocycles. The minimum atomic E-state index is -0.216. The SMILES string of the molecule is CC1Oc2cc(N3CCCC3=O)ccc2-c2cnc(Nc3cncc(NC(=O)CCc4cccc(NC(=O)/C=C/CN(C)C)c4)c3)cc21. The number of rotatable bonds is 11. The van der Waals surface area contributed by atoms with Crippen molar-refractivity contribution in [2.75, 3.05) is 48.0 Å². The lowest BCUT2D eigenvalue weighted by Gasteiger charge is -2.28. The lowest BCUT2D eigenvalue weighted by Crippen LogP contribution is -2.24. The van der Waals surface area contributed by atoms with Crippen LogP contribution < -0.4 is 25.6 Å². The van der Waals surface area contributed by atoms with Crippen LogP contribution in [0.3, 0.4) is 0 Å². The quantitative estimate of drug-likeness (QED) is 0.167. The highest BCUT2D eigenvalue weighted by atomic mass is 16.5. The second kappa shape index (κ2) is 14.5. The number of amides is 3. The lowest BCUT2D eigenvalue weighted by molar-refractivity contribution is -0.117. The van der Waals surface area contributed by atoms with Gasteiger partial charge < -0.3 is 30.5 Å². The number of nitrogens with one attached hydrogen (secondary N) is 3. The van der Waals surface area contributed by atoms with E-state index in [1.54, 1.807) is 18.5 Å². The van der Waals surface area contributed by atoms with Gasteiger partial charge in [0, 0.05) is 72.3 Å². The summed E-state index contributed by atoms with van der Waals surface area (Å²) in [6.45, 7) is 3.40. The molecule has 11 heteroatoms. The van der Waals surface area contributed by atoms with Crippen molar-refractivity contribution in [2.24, 2.45) is 0 Å². The molecule has 0 saturated carbocycles. The molecule has 0 spiro atoms. The molecule has 2 aliphatic rings. The van der Waals surface area contributed by atoms with E-state index < -0.39 is 0 Å². The third-order valence-electron chi connectivity index (χ3n) is 8.19.